The highest BCUT2D eigenvalue weighted by Crippen LogP contribution is 2.32. The highest BCUT2D eigenvalue weighted by molar-refractivity contribution is 5.79. The Labute approximate surface area is 128 Å². The molecule has 2 atom stereocenters. The molecule has 1 aromatic carbocycles. The number of halogens is 1. The number of rotatable bonds is 3. The number of hydrogen-bond donors (Lipinski definition) is 1. The maximum Gasteiger partial charge on any atom is 0.227 e. The summed E-state index contributed by atoms with van der Waals surface area (Å²) in [6.07, 6.45) is 3.39. The molecule has 2 aromatic rings. The molecule has 0 saturated carbocycles. The molecular formula is C17H17FN2O2. The zero-order valence-electron chi connectivity index (χ0n) is 12.0. The molecule has 0 radical (unpaired) electrons. The van der Waals surface area contributed by atoms with E-state index in [9.17, 15) is 14.3 Å². The first-order valence-electron chi connectivity index (χ1n) is 7.25. The summed E-state index contributed by atoms with van der Waals surface area (Å²) in [6.45, 7) is 0.278. The quantitative estimate of drug-likeness (QED) is 0.944. The Hall–Kier alpha value is -2.27. The van der Waals surface area contributed by atoms with Crippen LogP contribution in [0.1, 0.15) is 23.6 Å². The third kappa shape index (κ3) is 3.14. The molecule has 1 amide bonds. The Balaban J connectivity index is 1.80. The van der Waals surface area contributed by atoms with Crippen molar-refractivity contribution in [2.24, 2.45) is 0 Å². The third-order valence-corrected chi connectivity index (χ3v) is 3.91. The minimum absolute atomic E-state index is 0.0844. The number of aliphatic hydroxyl groups excluding tert-OH is 1. The van der Waals surface area contributed by atoms with Crippen LogP contribution in [0.5, 0.6) is 0 Å². The van der Waals surface area contributed by atoms with E-state index in [0.29, 0.717) is 6.42 Å². The van der Waals surface area contributed by atoms with Crippen LogP contribution in [0.15, 0.2) is 48.8 Å². The number of amides is 1. The highest BCUT2D eigenvalue weighted by Gasteiger charge is 2.35. The van der Waals surface area contributed by atoms with E-state index < -0.39 is 6.10 Å². The van der Waals surface area contributed by atoms with Crippen molar-refractivity contribution < 1.29 is 14.3 Å². The van der Waals surface area contributed by atoms with Crippen molar-refractivity contribution in [1.82, 2.24) is 9.88 Å². The number of aromatic nitrogens is 1. The highest BCUT2D eigenvalue weighted by atomic mass is 19.1. The number of nitrogens with zero attached hydrogens (tertiary/aromatic N) is 2. The molecule has 0 aliphatic carbocycles. The summed E-state index contributed by atoms with van der Waals surface area (Å²) in [4.78, 5) is 18.2. The fourth-order valence-corrected chi connectivity index (χ4v) is 2.90. The van der Waals surface area contributed by atoms with Crippen LogP contribution in [0.3, 0.4) is 0 Å². The van der Waals surface area contributed by atoms with E-state index in [1.165, 1.54) is 12.1 Å². The first kappa shape index (κ1) is 14.7. The van der Waals surface area contributed by atoms with Gasteiger partial charge in [0.05, 0.1) is 18.6 Å². The van der Waals surface area contributed by atoms with Crippen LogP contribution in [-0.4, -0.2) is 33.5 Å². The topological polar surface area (TPSA) is 53.4 Å². The van der Waals surface area contributed by atoms with Gasteiger partial charge in [0.2, 0.25) is 5.91 Å². The average molecular weight is 300 g/mol. The van der Waals surface area contributed by atoms with Crippen molar-refractivity contribution in [2.45, 2.75) is 25.0 Å². The maximum absolute atomic E-state index is 13.4. The largest absolute Gasteiger partial charge is 0.391 e. The van der Waals surface area contributed by atoms with Crippen LogP contribution in [-0.2, 0) is 11.2 Å². The van der Waals surface area contributed by atoms with Gasteiger partial charge in [0, 0.05) is 18.9 Å². The second kappa shape index (κ2) is 6.23. The van der Waals surface area contributed by atoms with Crippen molar-refractivity contribution >= 4 is 5.91 Å². The summed E-state index contributed by atoms with van der Waals surface area (Å²) >= 11 is 0. The predicted molar refractivity (Wildman–Crippen MR) is 79.4 cm³/mol. The van der Waals surface area contributed by atoms with Gasteiger partial charge in [-0.3, -0.25) is 9.78 Å². The second-order valence-corrected chi connectivity index (χ2v) is 5.54. The van der Waals surface area contributed by atoms with Crippen LogP contribution >= 0.6 is 0 Å². The average Bonchev–Trinajstić information content (AvgIpc) is 2.90. The molecule has 1 aromatic heterocycles. The summed E-state index contributed by atoms with van der Waals surface area (Å²) < 4.78 is 13.4. The van der Waals surface area contributed by atoms with Crippen LogP contribution in [0, 0.1) is 5.82 Å². The van der Waals surface area contributed by atoms with Crippen molar-refractivity contribution in [3.8, 4) is 0 Å². The van der Waals surface area contributed by atoms with Gasteiger partial charge in [-0.05, 0) is 35.7 Å². The van der Waals surface area contributed by atoms with E-state index in [-0.39, 0.29) is 30.7 Å². The van der Waals surface area contributed by atoms with Crippen LogP contribution in [0.25, 0.3) is 0 Å². The standard InChI is InChI=1S/C17H17FN2O2/c18-14-5-1-4-13(8-14)16-9-15(21)11-20(16)17(22)7-12-3-2-6-19-10-12/h1-6,8,10,15-16,21H,7,9,11H2/t15-,16-/m1/s1. The van der Waals surface area contributed by atoms with Crippen molar-refractivity contribution in [2.75, 3.05) is 6.54 Å². The van der Waals surface area contributed by atoms with Crippen molar-refractivity contribution in [3.05, 3.63) is 65.7 Å². The molecule has 0 unspecified atom stereocenters. The third-order valence-electron chi connectivity index (χ3n) is 3.91. The Kier molecular flexibility index (Phi) is 4.15. The first-order chi connectivity index (χ1) is 10.6. The number of hydrogen-bond acceptors (Lipinski definition) is 3. The van der Waals surface area contributed by atoms with Crippen LogP contribution in [0.2, 0.25) is 0 Å². The van der Waals surface area contributed by atoms with E-state index in [4.69, 9.17) is 0 Å². The zero-order chi connectivity index (χ0) is 15.5. The van der Waals surface area contributed by atoms with Crippen LogP contribution in [0.4, 0.5) is 4.39 Å². The maximum atomic E-state index is 13.4. The van der Waals surface area contributed by atoms with Gasteiger partial charge in [-0.2, -0.15) is 0 Å². The normalized spacial score (nSPS) is 21.1. The lowest BCUT2D eigenvalue weighted by molar-refractivity contribution is -0.131. The van der Waals surface area contributed by atoms with E-state index in [1.54, 1.807) is 35.5 Å². The predicted octanol–water partition coefficient (Wildman–Crippen LogP) is 2.10. The van der Waals surface area contributed by atoms with Gasteiger partial charge in [-0.15, -0.1) is 0 Å². The molecule has 1 saturated heterocycles. The Morgan fingerprint density at radius 1 is 1.36 bits per heavy atom. The SMILES string of the molecule is O=C(Cc1cccnc1)N1C[C@H](O)C[C@@H]1c1cccc(F)c1. The van der Waals surface area contributed by atoms with E-state index in [0.717, 1.165) is 11.1 Å². The fourth-order valence-electron chi connectivity index (χ4n) is 2.90. The summed E-state index contributed by atoms with van der Waals surface area (Å²) in [6, 6.07) is 9.55. The molecule has 22 heavy (non-hydrogen) atoms. The number of likely N-dealkylation sites (tertiary alicyclic amines) is 1. The Morgan fingerprint density at radius 3 is 2.95 bits per heavy atom. The van der Waals surface area contributed by atoms with Gasteiger partial charge in [-0.1, -0.05) is 18.2 Å². The van der Waals surface area contributed by atoms with Gasteiger partial charge >= 0.3 is 0 Å². The van der Waals surface area contributed by atoms with Crippen molar-refractivity contribution in [3.63, 3.8) is 0 Å². The monoisotopic (exact) mass is 300 g/mol. The fraction of sp³-hybridized carbons (Fsp3) is 0.294. The molecule has 1 fully saturated rings. The molecule has 114 valence electrons. The lowest BCUT2D eigenvalue weighted by Crippen LogP contribution is -2.33. The molecule has 0 bridgehead atoms. The number of pyridine rings is 1. The Bertz CT molecular complexity index is 663. The molecule has 1 aliphatic rings. The Morgan fingerprint density at radius 2 is 2.23 bits per heavy atom. The summed E-state index contributed by atoms with van der Waals surface area (Å²) in [5.41, 5.74) is 1.54. The number of carbonyl (C=O) groups excluding carboxylic acids is 1. The summed E-state index contributed by atoms with van der Waals surface area (Å²) in [5.74, 6) is -0.419. The number of β-amino-alcohol motifs (C(OH)–C–C–N with tert-alkyl or cyclic N) is 1. The lowest BCUT2D eigenvalue weighted by Gasteiger charge is -2.25. The van der Waals surface area contributed by atoms with Crippen LogP contribution < -0.4 is 0 Å². The second-order valence-electron chi connectivity index (χ2n) is 5.54. The smallest absolute Gasteiger partial charge is 0.227 e. The molecule has 4 nitrogen and oxygen atoms in total. The number of benzene rings is 1. The molecule has 1 aliphatic heterocycles. The molecule has 0 spiro atoms. The van der Waals surface area contributed by atoms with Gasteiger partial charge in [0.1, 0.15) is 5.82 Å². The summed E-state index contributed by atoms with van der Waals surface area (Å²) in [5, 5.41) is 9.92. The van der Waals surface area contributed by atoms with E-state index >= 15 is 0 Å². The van der Waals surface area contributed by atoms with Gasteiger partial charge in [0.15, 0.2) is 0 Å². The molecule has 1 N–H and O–H groups in total. The molecule has 3 rings (SSSR count). The van der Waals surface area contributed by atoms with Gasteiger partial charge in [-0.25, -0.2) is 4.39 Å². The zero-order valence-corrected chi connectivity index (χ0v) is 12.0. The number of aliphatic hydroxyl groups is 1. The van der Waals surface area contributed by atoms with Gasteiger partial charge in [0.25, 0.3) is 0 Å². The van der Waals surface area contributed by atoms with Crippen molar-refractivity contribution in [1.29, 1.82) is 0 Å². The number of carbonyl (C=O) groups is 1. The minimum atomic E-state index is -0.578. The molecular weight excluding hydrogens is 283 g/mol. The first-order valence-corrected chi connectivity index (χ1v) is 7.25. The lowest BCUT2D eigenvalue weighted by atomic mass is 10.0. The molecule has 2 heterocycles. The van der Waals surface area contributed by atoms with Gasteiger partial charge < -0.3 is 10.0 Å². The summed E-state index contributed by atoms with van der Waals surface area (Å²) in [7, 11) is 0. The van der Waals surface area contributed by atoms with E-state index in [2.05, 4.69) is 4.98 Å². The van der Waals surface area contributed by atoms with E-state index in [1.807, 2.05) is 6.07 Å². The minimum Gasteiger partial charge on any atom is -0.391 e. The molecule has 5 heteroatoms.